The van der Waals surface area contributed by atoms with Crippen LogP contribution in [0.5, 0.6) is 0 Å². The molecule has 0 aromatic carbocycles. The van der Waals surface area contributed by atoms with E-state index in [0.29, 0.717) is 0 Å². The molecule has 0 aromatic rings. The quantitative estimate of drug-likeness (QED) is 0.218. The molecule has 0 fully saturated rings. The monoisotopic (exact) mass is 610 g/mol. The van der Waals surface area contributed by atoms with Crippen molar-refractivity contribution in [2.24, 2.45) is 0 Å². The van der Waals surface area contributed by atoms with Gasteiger partial charge in [0, 0.05) is 0 Å². The molecule has 0 bridgehead atoms. The molecular formula is C24H44Cl2HfSi. The van der Waals surface area contributed by atoms with Gasteiger partial charge >= 0.3 is 166 Å². The van der Waals surface area contributed by atoms with Gasteiger partial charge in [0.15, 0.2) is 0 Å². The molecule has 2 aliphatic rings. The van der Waals surface area contributed by atoms with Crippen molar-refractivity contribution >= 4 is 31.8 Å². The maximum absolute atomic E-state index is 3.19. The van der Waals surface area contributed by atoms with E-state index in [1.165, 1.54) is 64.2 Å². The van der Waals surface area contributed by atoms with E-state index in [0.717, 1.165) is 0 Å². The molecule has 4 heteroatoms. The maximum atomic E-state index is 2.76. The van der Waals surface area contributed by atoms with Gasteiger partial charge in [0.1, 0.15) is 0 Å². The third-order valence-corrected chi connectivity index (χ3v) is 31.3. The van der Waals surface area contributed by atoms with Crippen molar-refractivity contribution in [2.45, 2.75) is 101 Å². The first-order valence-corrected chi connectivity index (χ1v) is 30.3. The Bertz CT molecular complexity index is 676. The molecule has 0 nitrogen and oxygen atoms in total. The molecule has 0 amide bonds. The van der Waals surface area contributed by atoms with Gasteiger partial charge in [0.2, 0.25) is 0 Å². The second-order valence-electron chi connectivity index (χ2n) is 9.57. The Balaban J connectivity index is 0.00000364. The summed E-state index contributed by atoms with van der Waals surface area (Å²) in [5.74, 6) is 0. The molecule has 0 aliphatic heterocycles. The summed E-state index contributed by atoms with van der Waals surface area (Å²) < 4.78 is 9.41. The van der Waals surface area contributed by atoms with Gasteiger partial charge in [-0.3, -0.25) is 0 Å². The zero-order valence-electron chi connectivity index (χ0n) is 19.2. The van der Waals surface area contributed by atoms with E-state index >= 15 is 0 Å². The molecule has 0 unspecified atom stereocenters. The Labute approximate surface area is 190 Å². The molecule has 0 aromatic heterocycles. The van der Waals surface area contributed by atoms with Crippen molar-refractivity contribution in [3.05, 3.63) is 41.1 Å². The minimum Gasteiger partial charge on any atom is -0.147 e. The molecule has 0 saturated heterocycles. The van der Waals surface area contributed by atoms with Crippen LogP contribution in [0, 0.1) is 0 Å². The molecule has 0 heterocycles. The maximum Gasteiger partial charge on any atom is -0.147 e. The smallest absolute Gasteiger partial charge is 0.147 e. The number of rotatable bonds is 10. The molecule has 0 atom stereocenters. The summed E-state index contributed by atoms with van der Waals surface area (Å²) in [6.07, 6.45) is 18.2. The van der Waals surface area contributed by atoms with Crippen LogP contribution in [0.1, 0.15) is 91.9 Å². The first kappa shape index (κ1) is 28.6. The molecule has 0 radical (unpaired) electrons. The Kier molecular flexibility index (Phi) is 12.1. The van der Waals surface area contributed by atoms with E-state index < -0.39 is 17.1 Å². The molecule has 2 rings (SSSR count). The molecular weight excluding hydrogens is 566 g/mol. The van der Waals surface area contributed by atoms with Crippen molar-refractivity contribution in [3.8, 4) is 0 Å². The number of hydrogen-bond acceptors (Lipinski definition) is 0. The van der Waals surface area contributed by atoms with E-state index in [2.05, 4.69) is 56.1 Å². The summed E-state index contributed by atoms with van der Waals surface area (Å²) in [5, 5.41) is 0. The Hall–Kier alpha value is 0.627. The molecule has 28 heavy (non-hydrogen) atoms. The summed E-state index contributed by atoms with van der Waals surface area (Å²) in [6, 6.07) is 0. The normalized spacial score (nSPS) is 17.4. The van der Waals surface area contributed by atoms with Crippen molar-refractivity contribution in [3.63, 3.8) is 0 Å². The largest absolute Gasteiger partial charge is 0.147 e. The first-order chi connectivity index (χ1) is 12.3. The van der Waals surface area contributed by atoms with E-state index in [1.54, 1.807) is 22.3 Å². The van der Waals surface area contributed by atoms with Gasteiger partial charge in [-0.1, -0.05) is 0 Å². The van der Waals surface area contributed by atoms with Crippen molar-refractivity contribution < 1.29 is 17.1 Å². The Morgan fingerprint density at radius 1 is 0.750 bits per heavy atom. The fourth-order valence-electron chi connectivity index (χ4n) is 4.86. The zero-order chi connectivity index (χ0) is 19.4. The van der Waals surface area contributed by atoms with Crippen molar-refractivity contribution in [2.75, 3.05) is 0 Å². The van der Waals surface area contributed by atoms with E-state index in [4.69, 9.17) is 0 Å². The van der Waals surface area contributed by atoms with Gasteiger partial charge in [0.05, 0.1) is 0 Å². The van der Waals surface area contributed by atoms with Crippen LogP contribution >= 0.6 is 24.8 Å². The van der Waals surface area contributed by atoms with Gasteiger partial charge in [-0.05, 0) is 0 Å². The zero-order valence-corrected chi connectivity index (χ0v) is 25.9. The Morgan fingerprint density at radius 2 is 1.11 bits per heavy atom. The van der Waals surface area contributed by atoms with E-state index in [9.17, 15) is 0 Å². The van der Waals surface area contributed by atoms with Crippen LogP contribution in [0.4, 0.5) is 0 Å². The van der Waals surface area contributed by atoms with Crippen LogP contribution in [0.15, 0.2) is 41.1 Å². The van der Waals surface area contributed by atoms with E-state index in [1.807, 2.05) is 6.66 Å². The number of allylic oxidation sites excluding steroid dienone is 8. The number of halogens is 2. The standard InChI is InChI=1S/2C11H17.2CH3.2ClH.Hf.H2Si/c2*1-3-5-6-11-8-7-10(4-2)9-11;;;;;;/h2*9H,3-7H2,1-2H3;2*1H3;2*1H;;1H2. The van der Waals surface area contributed by atoms with Crippen LogP contribution < -0.4 is 0 Å². The summed E-state index contributed by atoms with van der Waals surface area (Å²) in [7, 11) is 0. The van der Waals surface area contributed by atoms with Crippen LogP contribution in [0.2, 0.25) is 9.36 Å². The van der Waals surface area contributed by atoms with Gasteiger partial charge in [-0.15, -0.1) is 24.8 Å². The molecule has 162 valence electrons. The number of hydrogen-bond donors (Lipinski definition) is 0. The third-order valence-electron chi connectivity index (χ3n) is 6.78. The Morgan fingerprint density at radius 3 is 1.39 bits per heavy atom. The predicted octanol–water partition coefficient (Wildman–Crippen LogP) is 8.53. The summed E-state index contributed by atoms with van der Waals surface area (Å²) in [4.78, 5) is 0. The van der Waals surface area contributed by atoms with Gasteiger partial charge in [0.25, 0.3) is 0 Å². The summed E-state index contributed by atoms with van der Waals surface area (Å²) >= 11 is -3.19. The van der Waals surface area contributed by atoms with Crippen LogP contribution in [-0.4, -0.2) is 6.94 Å². The van der Waals surface area contributed by atoms with E-state index in [-0.39, 0.29) is 24.8 Å². The van der Waals surface area contributed by atoms with Crippen LogP contribution in [-0.2, 0) is 17.1 Å². The van der Waals surface area contributed by atoms with Gasteiger partial charge < -0.3 is 0 Å². The van der Waals surface area contributed by atoms with Crippen LogP contribution in [0.25, 0.3) is 0 Å². The summed E-state index contributed by atoms with van der Waals surface area (Å²) in [5.41, 5.74) is 6.90. The van der Waals surface area contributed by atoms with Gasteiger partial charge in [-0.2, -0.15) is 0 Å². The van der Waals surface area contributed by atoms with Crippen LogP contribution in [0.3, 0.4) is 0 Å². The first-order valence-electron chi connectivity index (χ1n) is 11.2. The van der Waals surface area contributed by atoms with Crippen molar-refractivity contribution in [1.82, 2.24) is 0 Å². The topological polar surface area (TPSA) is 0 Å². The second kappa shape index (κ2) is 11.9. The molecule has 2 aliphatic carbocycles. The molecule has 0 saturated carbocycles. The fraction of sp³-hybridized carbons (Fsp3) is 0.667. The SMILES string of the molecule is CCCCC1=[C]([Hf]([CH3])([CH3])(=[SiH2])[C]2=C(CCCC)C=C(CC)C2)CC(CC)=C1.Cl.Cl. The van der Waals surface area contributed by atoms with Crippen molar-refractivity contribution in [1.29, 1.82) is 0 Å². The number of unbranched alkanes of at least 4 members (excludes halogenated alkanes) is 2. The molecule has 0 spiro atoms. The average Bonchev–Trinajstić information content (AvgIpc) is 3.22. The van der Waals surface area contributed by atoms with Gasteiger partial charge in [-0.25, -0.2) is 0 Å². The summed E-state index contributed by atoms with van der Waals surface area (Å²) in [6.45, 7) is 11.8. The second-order valence-corrected chi connectivity index (χ2v) is 50.6. The predicted molar refractivity (Wildman–Crippen MR) is 134 cm³/mol. The minimum absolute atomic E-state index is 0. The average molecular weight is 610 g/mol. The third kappa shape index (κ3) is 6.31. The molecule has 0 N–H and O–H groups in total. The minimum atomic E-state index is -3.19. The fourth-order valence-corrected chi connectivity index (χ4v) is 26.5.